The molecule has 7 heteroatoms. The summed E-state index contributed by atoms with van der Waals surface area (Å²) in [5.74, 6) is -0.423. The molecule has 3 aromatic carbocycles. The molecule has 0 aliphatic carbocycles. The number of ether oxygens (including phenoxy) is 1. The maximum absolute atomic E-state index is 12.9. The van der Waals surface area contributed by atoms with Gasteiger partial charge in [0.25, 0.3) is 0 Å². The fourth-order valence-corrected chi connectivity index (χ4v) is 5.32. The summed E-state index contributed by atoms with van der Waals surface area (Å²) in [6.45, 7) is 2.26. The Kier molecular flexibility index (Phi) is 14.7. The Hall–Kier alpha value is -2.89. The predicted octanol–water partition coefficient (Wildman–Crippen LogP) is 10.3. The van der Waals surface area contributed by atoms with E-state index in [4.69, 9.17) is 27.9 Å². The maximum atomic E-state index is 12.9. The van der Waals surface area contributed by atoms with Gasteiger partial charge in [0, 0.05) is 17.0 Å². The number of esters is 1. The van der Waals surface area contributed by atoms with Crippen molar-refractivity contribution >= 4 is 52.1 Å². The number of nitrogens with zero attached hydrogens (tertiary/aromatic N) is 1. The van der Waals surface area contributed by atoms with Crippen molar-refractivity contribution in [1.29, 1.82) is 0 Å². The number of halogens is 2. The Labute approximate surface area is 254 Å². The lowest BCUT2D eigenvalue weighted by Gasteiger charge is -2.11. The van der Waals surface area contributed by atoms with E-state index in [2.05, 4.69) is 17.5 Å². The smallest absolute Gasteiger partial charge is 0.345 e. The summed E-state index contributed by atoms with van der Waals surface area (Å²) in [7, 11) is 0. The first kappa shape index (κ1) is 32.6. The molecule has 3 rings (SSSR count). The molecule has 0 saturated carbocycles. The minimum atomic E-state index is -0.608. The summed E-state index contributed by atoms with van der Waals surface area (Å²) >= 11 is 12.2. The molecule has 0 fully saturated rings. The second kappa shape index (κ2) is 18.5. The molecule has 220 valence electrons. The van der Waals surface area contributed by atoms with Gasteiger partial charge in [0.05, 0.1) is 16.8 Å². The number of carbonyl (C=O) groups is 2. The van der Waals surface area contributed by atoms with Crippen molar-refractivity contribution in [1.82, 2.24) is 5.43 Å². The zero-order valence-electron chi connectivity index (χ0n) is 24.1. The Morgan fingerprint density at radius 1 is 0.805 bits per heavy atom. The summed E-state index contributed by atoms with van der Waals surface area (Å²) < 4.78 is 5.70. The van der Waals surface area contributed by atoms with Crippen molar-refractivity contribution < 1.29 is 14.3 Å². The topological polar surface area (TPSA) is 67.8 Å². The van der Waals surface area contributed by atoms with E-state index in [0.29, 0.717) is 22.8 Å². The molecule has 3 aromatic rings. The van der Waals surface area contributed by atoms with Crippen molar-refractivity contribution in [2.24, 2.45) is 5.10 Å². The molecule has 41 heavy (non-hydrogen) atoms. The molecule has 0 bridgehead atoms. The SMILES string of the molecule is CCCCCCCCCCCCCCCC(=O)NN=Cc1c(OC(=O)c2ccc(Cl)cc2Cl)ccc2ccccc12. The van der Waals surface area contributed by atoms with Crippen LogP contribution in [-0.4, -0.2) is 18.1 Å². The first-order valence-corrected chi connectivity index (χ1v) is 15.8. The summed E-state index contributed by atoms with van der Waals surface area (Å²) in [5, 5.41) is 6.62. The second-order valence-corrected chi connectivity index (χ2v) is 11.3. The van der Waals surface area contributed by atoms with Gasteiger partial charge in [0.1, 0.15) is 5.75 Å². The highest BCUT2D eigenvalue weighted by Gasteiger charge is 2.16. The maximum Gasteiger partial charge on any atom is 0.345 e. The molecular formula is C34H42Cl2N2O3. The fraction of sp³-hybridized carbons (Fsp3) is 0.441. The van der Waals surface area contributed by atoms with Gasteiger partial charge in [0.15, 0.2) is 0 Å². The third kappa shape index (κ3) is 11.5. The van der Waals surface area contributed by atoms with E-state index in [-0.39, 0.29) is 16.5 Å². The number of fused-ring (bicyclic) bond motifs is 1. The number of rotatable bonds is 18. The highest BCUT2D eigenvalue weighted by atomic mass is 35.5. The molecule has 0 atom stereocenters. The van der Waals surface area contributed by atoms with Gasteiger partial charge in [-0.15, -0.1) is 0 Å². The quantitative estimate of drug-likeness (QED) is 0.0522. The van der Waals surface area contributed by atoms with Crippen LogP contribution in [0.2, 0.25) is 10.0 Å². The van der Waals surface area contributed by atoms with E-state index in [1.807, 2.05) is 30.3 Å². The van der Waals surface area contributed by atoms with Gasteiger partial charge in [-0.25, -0.2) is 10.2 Å². The normalized spacial score (nSPS) is 11.3. The number of hydrogen-bond acceptors (Lipinski definition) is 4. The third-order valence-electron chi connectivity index (χ3n) is 7.17. The van der Waals surface area contributed by atoms with Crippen molar-refractivity contribution in [2.75, 3.05) is 0 Å². The predicted molar refractivity (Wildman–Crippen MR) is 171 cm³/mol. The average molecular weight is 598 g/mol. The highest BCUT2D eigenvalue weighted by molar-refractivity contribution is 6.36. The molecule has 0 aromatic heterocycles. The second-order valence-electron chi connectivity index (χ2n) is 10.5. The Balaban J connectivity index is 1.44. The fourth-order valence-electron chi connectivity index (χ4n) is 4.84. The van der Waals surface area contributed by atoms with Gasteiger partial charge >= 0.3 is 5.97 Å². The molecule has 0 radical (unpaired) electrons. The zero-order valence-corrected chi connectivity index (χ0v) is 25.6. The van der Waals surface area contributed by atoms with Crippen molar-refractivity contribution in [2.45, 2.75) is 96.8 Å². The number of amides is 1. The summed E-state index contributed by atoms with van der Waals surface area (Å²) in [6.07, 6.45) is 18.4. The van der Waals surface area contributed by atoms with Gasteiger partial charge in [-0.1, -0.05) is 138 Å². The average Bonchev–Trinajstić information content (AvgIpc) is 2.96. The van der Waals surface area contributed by atoms with Crippen LogP contribution in [0.4, 0.5) is 0 Å². The number of hydrogen-bond donors (Lipinski definition) is 1. The van der Waals surface area contributed by atoms with Gasteiger partial charge in [-0.2, -0.15) is 5.10 Å². The van der Waals surface area contributed by atoms with Crippen molar-refractivity contribution in [3.8, 4) is 5.75 Å². The van der Waals surface area contributed by atoms with Crippen LogP contribution in [-0.2, 0) is 4.79 Å². The molecule has 0 aliphatic rings. The van der Waals surface area contributed by atoms with Gasteiger partial charge < -0.3 is 4.74 Å². The van der Waals surface area contributed by atoms with Crippen LogP contribution in [0.3, 0.4) is 0 Å². The highest BCUT2D eigenvalue weighted by Crippen LogP contribution is 2.29. The largest absolute Gasteiger partial charge is 0.422 e. The first-order valence-electron chi connectivity index (χ1n) is 15.0. The molecular weight excluding hydrogens is 555 g/mol. The lowest BCUT2D eigenvalue weighted by atomic mass is 10.0. The molecule has 1 N–H and O–H groups in total. The molecule has 0 spiro atoms. The Morgan fingerprint density at radius 2 is 1.44 bits per heavy atom. The summed E-state index contributed by atoms with van der Waals surface area (Å²) in [5.41, 5.74) is 3.41. The van der Waals surface area contributed by atoms with Gasteiger partial charge in [0.2, 0.25) is 5.91 Å². The van der Waals surface area contributed by atoms with Crippen LogP contribution in [0.15, 0.2) is 59.7 Å². The Morgan fingerprint density at radius 3 is 2.10 bits per heavy atom. The molecule has 1 amide bonds. The minimum Gasteiger partial charge on any atom is -0.422 e. The molecule has 0 heterocycles. The van der Waals surface area contributed by atoms with Crippen molar-refractivity contribution in [3.05, 3.63) is 75.8 Å². The third-order valence-corrected chi connectivity index (χ3v) is 7.72. The number of unbranched alkanes of at least 4 members (excludes halogenated alkanes) is 12. The van der Waals surface area contributed by atoms with Crippen LogP contribution in [0, 0.1) is 0 Å². The van der Waals surface area contributed by atoms with Gasteiger partial charge in [-0.3, -0.25) is 4.79 Å². The van der Waals surface area contributed by atoms with Crippen LogP contribution >= 0.6 is 23.2 Å². The number of carbonyl (C=O) groups excluding carboxylic acids is 2. The number of hydrazone groups is 1. The lowest BCUT2D eigenvalue weighted by molar-refractivity contribution is -0.121. The van der Waals surface area contributed by atoms with E-state index >= 15 is 0 Å². The lowest BCUT2D eigenvalue weighted by Crippen LogP contribution is -2.17. The molecule has 0 unspecified atom stereocenters. The minimum absolute atomic E-state index is 0.129. The van der Waals surface area contributed by atoms with Crippen LogP contribution in [0.5, 0.6) is 5.75 Å². The summed E-state index contributed by atoms with van der Waals surface area (Å²) in [4.78, 5) is 25.2. The van der Waals surface area contributed by atoms with E-state index in [1.54, 1.807) is 12.1 Å². The van der Waals surface area contributed by atoms with E-state index < -0.39 is 5.97 Å². The van der Waals surface area contributed by atoms with Gasteiger partial charge in [-0.05, 0) is 41.5 Å². The van der Waals surface area contributed by atoms with Crippen LogP contribution < -0.4 is 10.2 Å². The zero-order chi connectivity index (χ0) is 29.3. The van der Waals surface area contributed by atoms with E-state index in [0.717, 1.165) is 30.0 Å². The van der Waals surface area contributed by atoms with E-state index in [9.17, 15) is 9.59 Å². The van der Waals surface area contributed by atoms with Crippen molar-refractivity contribution in [3.63, 3.8) is 0 Å². The first-order chi connectivity index (χ1) is 20.0. The summed E-state index contributed by atoms with van der Waals surface area (Å²) in [6, 6.07) is 15.9. The van der Waals surface area contributed by atoms with Crippen LogP contribution in [0.25, 0.3) is 10.8 Å². The molecule has 5 nitrogen and oxygen atoms in total. The molecule has 0 aliphatic heterocycles. The number of nitrogens with one attached hydrogen (secondary N) is 1. The van der Waals surface area contributed by atoms with E-state index in [1.165, 1.54) is 82.6 Å². The standard InChI is InChI=1S/C34H42Cl2N2O3/c1-2-3-4-5-6-7-8-9-10-11-12-13-14-19-33(39)38-37-25-30-28-18-16-15-17-26(28)20-23-32(30)41-34(40)29-22-21-27(35)24-31(29)36/h15-18,20-25H,2-14,19H2,1H3,(H,38,39). The Bertz CT molecular complexity index is 1290. The van der Waals surface area contributed by atoms with Crippen LogP contribution in [0.1, 0.15) is 113 Å². The monoisotopic (exact) mass is 596 g/mol. The molecule has 0 saturated heterocycles. The number of benzene rings is 3.